The van der Waals surface area contributed by atoms with Gasteiger partial charge in [-0.05, 0) is 18.6 Å². The largest absolute Gasteiger partial charge is 0.391 e. The number of carbonyl (C=O) groups is 1. The Morgan fingerprint density at radius 1 is 1.50 bits per heavy atom. The second kappa shape index (κ2) is 5.46. The van der Waals surface area contributed by atoms with Crippen molar-refractivity contribution in [2.24, 2.45) is 0 Å². The molecule has 1 aromatic carbocycles. The van der Waals surface area contributed by atoms with E-state index < -0.39 is 11.0 Å². The van der Waals surface area contributed by atoms with E-state index in [-0.39, 0.29) is 11.6 Å². The summed E-state index contributed by atoms with van der Waals surface area (Å²) in [7, 11) is 3.26. The lowest BCUT2D eigenvalue weighted by Crippen LogP contribution is -2.24. The van der Waals surface area contributed by atoms with Gasteiger partial charge in [0.05, 0.1) is 11.0 Å². The summed E-state index contributed by atoms with van der Waals surface area (Å²) in [5.74, 6) is -0.208. The van der Waals surface area contributed by atoms with Gasteiger partial charge >= 0.3 is 0 Å². The molecule has 1 saturated heterocycles. The zero-order valence-electron chi connectivity index (χ0n) is 11.4. The van der Waals surface area contributed by atoms with Gasteiger partial charge in [-0.25, -0.2) is 0 Å². The lowest BCUT2D eigenvalue weighted by molar-refractivity contribution is -0.384. The number of β-amino-alcohol motifs (C(OH)–C–C–N with tert-alkyl or cyclic N) is 1. The van der Waals surface area contributed by atoms with Crippen LogP contribution in [0.25, 0.3) is 0 Å². The first-order valence-electron chi connectivity index (χ1n) is 6.33. The summed E-state index contributed by atoms with van der Waals surface area (Å²) >= 11 is 0. The van der Waals surface area contributed by atoms with Crippen LogP contribution in [0.15, 0.2) is 18.2 Å². The molecule has 1 heterocycles. The van der Waals surface area contributed by atoms with Crippen LogP contribution in [-0.2, 0) is 0 Å². The number of rotatable bonds is 3. The number of carbonyl (C=O) groups excluding carboxylic acids is 1. The quantitative estimate of drug-likeness (QED) is 0.655. The molecule has 1 atom stereocenters. The first-order chi connectivity index (χ1) is 9.40. The van der Waals surface area contributed by atoms with Crippen molar-refractivity contribution in [3.8, 4) is 0 Å². The van der Waals surface area contributed by atoms with Gasteiger partial charge in [0.15, 0.2) is 0 Å². The number of nitro groups is 1. The van der Waals surface area contributed by atoms with Crippen LogP contribution in [0.3, 0.4) is 0 Å². The molecule has 108 valence electrons. The topological polar surface area (TPSA) is 86.9 Å². The predicted molar refractivity (Wildman–Crippen MR) is 74.0 cm³/mol. The minimum absolute atomic E-state index is 0.0468. The highest BCUT2D eigenvalue weighted by atomic mass is 16.6. The lowest BCUT2D eigenvalue weighted by atomic mass is 10.1. The summed E-state index contributed by atoms with van der Waals surface area (Å²) in [6.45, 7) is 0.891. The Kier molecular flexibility index (Phi) is 3.89. The van der Waals surface area contributed by atoms with Gasteiger partial charge < -0.3 is 14.9 Å². The molecule has 0 spiro atoms. The highest BCUT2D eigenvalue weighted by Gasteiger charge is 2.27. The van der Waals surface area contributed by atoms with Crippen LogP contribution in [0, 0.1) is 10.1 Å². The minimum Gasteiger partial charge on any atom is -0.391 e. The smallest absolute Gasteiger partial charge is 0.292 e. The van der Waals surface area contributed by atoms with Gasteiger partial charge in [-0.3, -0.25) is 14.9 Å². The van der Waals surface area contributed by atoms with Crippen LogP contribution < -0.4 is 4.90 Å². The third kappa shape index (κ3) is 2.72. The van der Waals surface area contributed by atoms with E-state index in [4.69, 9.17) is 0 Å². The van der Waals surface area contributed by atoms with Crippen LogP contribution in [0.2, 0.25) is 0 Å². The van der Waals surface area contributed by atoms with E-state index in [0.29, 0.717) is 30.8 Å². The number of aliphatic hydroxyl groups excluding tert-OH is 1. The lowest BCUT2D eigenvalue weighted by Gasteiger charge is -2.19. The van der Waals surface area contributed by atoms with Crippen molar-refractivity contribution in [1.82, 2.24) is 4.90 Å². The summed E-state index contributed by atoms with van der Waals surface area (Å²) in [4.78, 5) is 25.7. The molecule has 7 nitrogen and oxygen atoms in total. The molecule has 1 aromatic rings. The molecule has 0 radical (unpaired) electrons. The Balaban J connectivity index is 2.42. The fraction of sp³-hybridized carbons (Fsp3) is 0.462. The number of nitrogens with zero attached hydrogens (tertiary/aromatic N) is 3. The van der Waals surface area contributed by atoms with Crippen molar-refractivity contribution in [2.75, 3.05) is 32.1 Å². The third-order valence-corrected chi connectivity index (χ3v) is 3.33. The van der Waals surface area contributed by atoms with Crippen molar-refractivity contribution in [2.45, 2.75) is 12.5 Å². The molecular weight excluding hydrogens is 262 g/mol. The van der Waals surface area contributed by atoms with Crippen LogP contribution in [-0.4, -0.2) is 54.1 Å². The van der Waals surface area contributed by atoms with E-state index in [1.54, 1.807) is 19.0 Å². The number of nitro benzene ring substituents is 1. The van der Waals surface area contributed by atoms with E-state index in [2.05, 4.69) is 0 Å². The molecule has 1 aliphatic heterocycles. The standard InChI is InChI=1S/C13H17N3O4/c1-14(2)13(18)9-3-4-11(16(19)20)12(7-9)15-6-5-10(17)8-15/h3-4,7,10,17H,5-6,8H2,1-2H3/t10-/m0/s1. The Labute approximate surface area is 116 Å². The van der Waals surface area contributed by atoms with E-state index in [0.717, 1.165) is 0 Å². The maximum absolute atomic E-state index is 11.9. The molecule has 1 N–H and O–H groups in total. The number of anilines is 1. The van der Waals surface area contributed by atoms with Gasteiger partial charge in [0.1, 0.15) is 5.69 Å². The molecule has 0 aliphatic carbocycles. The van der Waals surface area contributed by atoms with Crippen molar-refractivity contribution in [3.63, 3.8) is 0 Å². The average Bonchev–Trinajstić information content (AvgIpc) is 2.83. The van der Waals surface area contributed by atoms with E-state index >= 15 is 0 Å². The highest BCUT2D eigenvalue weighted by molar-refractivity contribution is 5.95. The van der Waals surface area contributed by atoms with E-state index in [1.165, 1.54) is 23.1 Å². The van der Waals surface area contributed by atoms with Gasteiger partial charge in [0.25, 0.3) is 11.6 Å². The average molecular weight is 279 g/mol. The fourth-order valence-electron chi connectivity index (χ4n) is 2.28. The monoisotopic (exact) mass is 279 g/mol. The first-order valence-corrected chi connectivity index (χ1v) is 6.33. The molecule has 1 amide bonds. The van der Waals surface area contributed by atoms with Crippen molar-refractivity contribution < 1.29 is 14.8 Å². The number of hydrogen-bond acceptors (Lipinski definition) is 5. The summed E-state index contributed by atoms with van der Waals surface area (Å²) < 4.78 is 0. The second-order valence-electron chi connectivity index (χ2n) is 5.05. The normalized spacial score (nSPS) is 18.1. The van der Waals surface area contributed by atoms with Gasteiger partial charge in [-0.1, -0.05) is 0 Å². The Morgan fingerprint density at radius 2 is 2.20 bits per heavy atom. The molecule has 0 bridgehead atoms. The summed E-state index contributed by atoms with van der Waals surface area (Å²) in [6, 6.07) is 4.33. The molecule has 7 heteroatoms. The van der Waals surface area contributed by atoms with Gasteiger partial charge in [-0.15, -0.1) is 0 Å². The highest BCUT2D eigenvalue weighted by Crippen LogP contribution is 2.32. The Hall–Kier alpha value is -2.15. The van der Waals surface area contributed by atoms with Gasteiger partial charge in [-0.2, -0.15) is 0 Å². The molecular formula is C13H17N3O4. The first kappa shape index (κ1) is 14.3. The van der Waals surface area contributed by atoms with Crippen LogP contribution >= 0.6 is 0 Å². The van der Waals surface area contributed by atoms with Gasteiger partial charge in [0.2, 0.25) is 0 Å². The SMILES string of the molecule is CN(C)C(=O)c1ccc([N+](=O)[O-])c(N2CC[C@H](O)C2)c1. The zero-order valence-corrected chi connectivity index (χ0v) is 11.4. The molecule has 0 unspecified atom stereocenters. The number of benzene rings is 1. The van der Waals surface area contributed by atoms with E-state index in [9.17, 15) is 20.0 Å². The third-order valence-electron chi connectivity index (χ3n) is 3.33. The number of amides is 1. The molecule has 20 heavy (non-hydrogen) atoms. The molecule has 1 aliphatic rings. The predicted octanol–water partition coefficient (Wildman–Crippen LogP) is 0.868. The van der Waals surface area contributed by atoms with E-state index in [1.807, 2.05) is 0 Å². The molecule has 2 rings (SSSR count). The molecule has 0 saturated carbocycles. The maximum atomic E-state index is 11.9. The summed E-state index contributed by atoms with van der Waals surface area (Å²) in [5, 5.41) is 20.7. The second-order valence-corrected chi connectivity index (χ2v) is 5.05. The van der Waals surface area contributed by atoms with Crippen molar-refractivity contribution >= 4 is 17.3 Å². The van der Waals surface area contributed by atoms with Crippen LogP contribution in [0.1, 0.15) is 16.8 Å². The van der Waals surface area contributed by atoms with Crippen LogP contribution in [0.5, 0.6) is 0 Å². The van der Waals surface area contributed by atoms with Crippen molar-refractivity contribution in [1.29, 1.82) is 0 Å². The minimum atomic E-state index is -0.484. The number of aliphatic hydroxyl groups is 1. The summed E-state index contributed by atoms with van der Waals surface area (Å²) in [5.41, 5.74) is 0.741. The molecule has 0 aromatic heterocycles. The fourth-order valence-corrected chi connectivity index (χ4v) is 2.28. The molecule has 1 fully saturated rings. The Morgan fingerprint density at radius 3 is 2.70 bits per heavy atom. The summed E-state index contributed by atoms with van der Waals surface area (Å²) in [6.07, 6.45) is 0.0889. The Bertz CT molecular complexity index is 544. The van der Waals surface area contributed by atoms with Gasteiger partial charge in [0, 0.05) is 38.8 Å². The van der Waals surface area contributed by atoms with Crippen LogP contribution in [0.4, 0.5) is 11.4 Å². The maximum Gasteiger partial charge on any atom is 0.292 e. The van der Waals surface area contributed by atoms with Crippen molar-refractivity contribution in [3.05, 3.63) is 33.9 Å². The number of hydrogen-bond donors (Lipinski definition) is 1. The zero-order chi connectivity index (χ0) is 14.9.